The van der Waals surface area contributed by atoms with Crippen LogP contribution >= 0.6 is 0 Å². The first-order valence-electron chi connectivity index (χ1n) is 7.30. The largest absolute Gasteiger partial charge is 0.494 e. The Balaban J connectivity index is 2.10. The van der Waals surface area contributed by atoms with Crippen molar-refractivity contribution in [2.24, 2.45) is 0 Å². The molecule has 5 nitrogen and oxygen atoms in total. The molecule has 0 aliphatic carbocycles. The number of anilines is 1. The highest BCUT2D eigenvalue weighted by Gasteiger charge is 2.32. The van der Waals surface area contributed by atoms with E-state index in [1.54, 1.807) is 6.07 Å². The SMILES string of the molecule is COc1cc2c(N3CC(C)OC(C)(C)C3)ncnc2cc1F. The molecule has 0 bridgehead atoms. The van der Waals surface area contributed by atoms with E-state index in [0.717, 1.165) is 17.7 Å². The van der Waals surface area contributed by atoms with Crippen LogP contribution in [0.4, 0.5) is 10.2 Å². The maximum absolute atomic E-state index is 13.9. The predicted octanol–water partition coefficient (Wildman–Crippen LogP) is 2.78. The quantitative estimate of drug-likeness (QED) is 0.854. The van der Waals surface area contributed by atoms with Crippen molar-refractivity contribution >= 4 is 16.7 Å². The van der Waals surface area contributed by atoms with Crippen molar-refractivity contribution in [3.05, 3.63) is 24.3 Å². The maximum atomic E-state index is 13.9. The van der Waals surface area contributed by atoms with Crippen LogP contribution < -0.4 is 9.64 Å². The van der Waals surface area contributed by atoms with Crippen molar-refractivity contribution < 1.29 is 13.9 Å². The molecule has 1 aromatic carbocycles. The lowest BCUT2D eigenvalue weighted by molar-refractivity contribution is -0.0751. The minimum absolute atomic E-state index is 0.0936. The molecule has 2 heterocycles. The van der Waals surface area contributed by atoms with E-state index in [9.17, 15) is 4.39 Å². The minimum Gasteiger partial charge on any atom is -0.494 e. The second-order valence-electron chi connectivity index (χ2n) is 6.27. The first-order valence-corrected chi connectivity index (χ1v) is 7.30. The summed E-state index contributed by atoms with van der Waals surface area (Å²) in [6.07, 6.45) is 1.56. The first-order chi connectivity index (χ1) is 10.4. The van der Waals surface area contributed by atoms with Gasteiger partial charge in [0.25, 0.3) is 0 Å². The standard InChI is InChI=1S/C16H20FN3O2/c1-10-7-20(8-16(2,3)22-10)15-11-5-14(21-4)12(17)6-13(11)18-9-19-15/h5-6,9-10H,7-8H2,1-4H3. The average molecular weight is 305 g/mol. The topological polar surface area (TPSA) is 47.5 Å². The van der Waals surface area contributed by atoms with Gasteiger partial charge < -0.3 is 14.4 Å². The third-order valence-corrected chi connectivity index (χ3v) is 3.76. The molecule has 1 fully saturated rings. The van der Waals surface area contributed by atoms with Crippen LogP contribution in [0.1, 0.15) is 20.8 Å². The Morgan fingerprint density at radius 1 is 1.36 bits per heavy atom. The van der Waals surface area contributed by atoms with Gasteiger partial charge in [-0.3, -0.25) is 0 Å². The van der Waals surface area contributed by atoms with E-state index < -0.39 is 5.82 Å². The molecule has 3 rings (SSSR count). The number of fused-ring (bicyclic) bond motifs is 1. The van der Waals surface area contributed by atoms with Gasteiger partial charge in [-0.15, -0.1) is 0 Å². The molecule has 1 aliphatic heterocycles. The lowest BCUT2D eigenvalue weighted by atomic mass is 10.0. The zero-order valence-electron chi connectivity index (χ0n) is 13.3. The Hall–Kier alpha value is -1.95. The van der Waals surface area contributed by atoms with E-state index in [1.165, 1.54) is 19.5 Å². The third-order valence-electron chi connectivity index (χ3n) is 3.76. The van der Waals surface area contributed by atoms with Gasteiger partial charge in [0.2, 0.25) is 0 Å². The Morgan fingerprint density at radius 3 is 2.82 bits per heavy atom. The van der Waals surface area contributed by atoms with Gasteiger partial charge in [-0.1, -0.05) is 0 Å². The lowest BCUT2D eigenvalue weighted by Crippen LogP contribution is -2.52. The van der Waals surface area contributed by atoms with Crippen LogP contribution in [0.25, 0.3) is 10.9 Å². The van der Waals surface area contributed by atoms with Gasteiger partial charge in [-0.05, 0) is 26.8 Å². The molecule has 2 aromatic rings. The zero-order chi connectivity index (χ0) is 15.9. The highest BCUT2D eigenvalue weighted by atomic mass is 19.1. The van der Waals surface area contributed by atoms with E-state index in [4.69, 9.17) is 9.47 Å². The molecule has 118 valence electrons. The van der Waals surface area contributed by atoms with E-state index in [-0.39, 0.29) is 17.5 Å². The van der Waals surface area contributed by atoms with E-state index in [1.807, 2.05) is 6.92 Å². The molecule has 6 heteroatoms. The summed E-state index contributed by atoms with van der Waals surface area (Å²) in [6.45, 7) is 7.59. The summed E-state index contributed by atoms with van der Waals surface area (Å²) in [5, 5.41) is 0.783. The number of hydrogen-bond donors (Lipinski definition) is 0. The zero-order valence-corrected chi connectivity index (χ0v) is 13.3. The highest BCUT2D eigenvalue weighted by Crippen LogP contribution is 2.32. The molecule has 22 heavy (non-hydrogen) atoms. The summed E-state index contributed by atoms with van der Waals surface area (Å²) in [6, 6.07) is 3.04. The second kappa shape index (κ2) is 5.35. The molecule has 1 saturated heterocycles. The predicted molar refractivity (Wildman–Crippen MR) is 82.9 cm³/mol. The summed E-state index contributed by atoms with van der Waals surface area (Å²) < 4.78 is 24.9. The van der Waals surface area contributed by atoms with Crippen LogP contribution in [-0.2, 0) is 4.74 Å². The van der Waals surface area contributed by atoms with Crippen molar-refractivity contribution in [3.63, 3.8) is 0 Å². The number of morpholine rings is 1. The fraction of sp³-hybridized carbons (Fsp3) is 0.500. The Bertz CT molecular complexity index is 705. The van der Waals surface area contributed by atoms with Crippen LogP contribution in [0.2, 0.25) is 0 Å². The van der Waals surface area contributed by atoms with Gasteiger partial charge in [0.05, 0.1) is 24.3 Å². The first kappa shape index (κ1) is 15.0. The lowest BCUT2D eigenvalue weighted by Gasteiger charge is -2.42. The number of halogens is 1. The van der Waals surface area contributed by atoms with Gasteiger partial charge in [0.1, 0.15) is 12.1 Å². The number of rotatable bonds is 2. The van der Waals surface area contributed by atoms with Crippen LogP contribution in [0.3, 0.4) is 0 Å². The van der Waals surface area contributed by atoms with Crippen molar-refractivity contribution in [1.82, 2.24) is 9.97 Å². The molecule has 1 unspecified atom stereocenters. The van der Waals surface area contributed by atoms with Crippen molar-refractivity contribution in [1.29, 1.82) is 0 Å². The highest BCUT2D eigenvalue weighted by molar-refractivity contribution is 5.90. The molecule has 0 saturated carbocycles. The number of benzene rings is 1. The normalized spacial score (nSPS) is 21.1. The van der Waals surface area contributed by atoms with Crippen LogP contribution in [0.15, 0.2) is 18.5 Å². The van der Waals surface area contributed by atoms with Gasteiger partial charge in [-0.2, -0.15) is 0 Å². The number of hydrogen-bond acceptors (Lipinski definition) is 5. The number of aromatic nitrogens is 2. The van der Waals surface area contributed by atoms with Crippen molar-refractivity contribution in [2.75, 3.05) is 25.1 Å². The fourth-order valence-electron chi connectivity index (χ4n) is 3.07. The summed E-state index contributed by atoms with van der Waals surface area (Å²) in [5.41, 5.74) is 0.305. The molecule has 0 spiro atoms. The molecular weight excluding hydrogens is 285 g/mol. The molecule has 1 aromatic heterocycles. The fourth-order valence-corrected chi connectivity index (χ4v) is 3.07. The van der Waals surface area contributed by atoms with Crippen LogP contribution in [0, 0.1) is 5.82 Å². The summed E-state index contributed by atoms with van der Waals surface area (Å²) in [7, 11) is 1.45. The third kappa shape index (κ3) is 2.70. The van der Waals surface area contributed by atoms with Gasteiger partial charge in [-0.25, -0.2) is 14.4 Å². The van der Waals surface area contributed by atoms with Crippen LogP contribution in [-0.4, -0.2) is 41.9 Å². The molecule has 0 N–H and O–H groups in total. The Kier molecular flexibility index (Phi) is 3.64. The maximum Gasteiger partial charge on any atom is 0.167 e. The summed E-state index contributed by atoms with van der Waals surface area (Å²) >= 11 is 0. The smallest absolute Gasteiger partial charge is 0.167 e. The minimum atomic E-state index is -0.421. The van der Waals surface area contributed by atoms with Gasteiger partial charge in [0.15, 0.2) is 11.6 Å². The van der Waals surface area contributed by atoms with E-state index >= 15 is 0 Å². The molecule has 1 aliphatic rings. The van der Waals surface area contributed by atoms with Crippen LogP contribution in [0.5, 0.6) is 5.75 Å². The van der Waals surface area contributed by atoms with Gasteiger partial charge in [0, 0.05) is 24.5 Å². The van der Waals surface area contributed by atoms with Gasteiger partial charge >= 0.3 is 0 Å². The summed E-state index contributed by atoms with van der Waals surface area (Å²) in [5.74, 6) is 0.561. The molecule has 1 atom stereocenters. The number of ether oxygens (including phenoxy) is 2. The van der Waals surface area contributed by atoms with E-state index in [0.29, 0.717) is 12.1 Å². The molecule has 0 amide bonds. The Morgan fingerprint density at radius 2 is 2.14 bits per heavy atom. The van der Waals surface area contributed by atoms with Crippen molar-refractivity contribution in [2.45, 2.75) is 32.5 Å². The molecule has 0 radical (unpaired) electrons. The summed E-state index contributed by atoms with van der Waals surface area (Å²) in [4.78, 5) is 10.7. The molecular formula is C16H20FN3O2. The van der Waals surface area contributed by atoms with Crippen molar-refractivity contribution in [3.8, 4) is 5.75 Å². The monoisotopic (exact) mass is 305 g/mol. The number of methoxy groups -OCH3 is 1. The average Bonchev–Trinajstić information content (AvgIpc) is 2.43. The second-order valence-corrected chi connectivity index (χ2v) is 6.27. The Labute approximate surface area is 129 Å². The number of nitrogens with zero attached hydrogens (tertiary/aromatic N) is 3. The van der Waals surface area contributed by atoms with E-state index in [2.05, 4.69) is 28.7 Å².